The van der Waals surface area contributed by atoms with E-state index in [1.807, 2.05) is 0 Å². The lowest BCUT2D eigenvalue weighted by atomic mass is 11.0. The Labute approximate surface area is 55.6 Å². The van der Waals surface area contributed by atoms with Crippen molar-refractivity contribution in [3.8, 4) is 0 Å². The van der Waals surface area contributed by atoms with Crippen molar-refractivity contribution in [1.82, 2.24) is 0 Å². The maximum Gasteiger partial charge on any atom is 0.00119 e. The van der Waals surface area contributed by atoms with Gasteiger partial charge >= 0.3 is 0 Å². The molecule has 0 amide bonds. The van der Waals surface area contributed by atoms with Crippen molar-refractivity contribution in [2.75, 3.05) is 5.75 Å². The summed E-state index contributed by atoms with van der Waals surface area (Å²) in [4.78, 5) is 19.6. The molecule has 0 unspecified atom stereocenters. The second kappa shape index (κ2) is 3.80. The summed E-state index contributed by atoms with van der Waals surface area (Å²) in [6.07, 6.45) is 0. The Hall–Kier alpha value is 0.850. The van der Waals surface area contributed by atoms with E-state index in [2.05, 4.69) is 0 Å². The van der Waals surface area contributed by atoms with Gasteiger partial charge in [0.2, 0.25) is 0 Å². The molecule has 0 aromatic rings. The van der Waals surface area contributed by atoms with Crippen molar-refractivity contribution in [3.63, 3.8) is 0 Å². The van der Waals surface area contributed by atoms with E-state index in [1.165, 1.54) is 0 Å². The van der Waals surface area contributed by atoms with Crippen LogP contribution in [0.25, 0.3) is 0 Å². The lowest BCUT2D eigenvalue weighted by Crippen LogP contribution is -2.08. The molecule has 0 aliphatic carbocycles. The van der Waals surface area contributed by atoms with E-state index >= 15 is 0 Å². The van der Waals surface area contributed by atoms with Gasteiger partial charge in [-0.1, -0.05) is 28.1 Å². The molecule has 0 aromatic heterocycles. The zero-order valence-corrected chi connectivity index (χ0v) is 6.72. The predicted octanol–water partition coefficient (Wildman–Crippen LogP) is 0.216. The Kier molecular flexibility index (Phi) is 4.20. The summed E-state index contributed by atoms with van der Waals surface area (Å²) in [5, 5.41) is 0. The molecule has 3 nitrogen and oxygen atoms in total. The molecular formula is C2H5O3PS2-2. The first-order valence-electron chi connectivity index (χ1n) is 1.89. The molecule has 0 saturated heterocycles. The first kappa shape index (κ1) is 8.85. The summed E-state index contributed by atoms with van der Waals surface area (Å²) in [6, 6.07) is 0. The van der Waals surface area contributed by atoms with Gasteiger partial charge in [-0.3, -0.25) is 0 Å². The molecule has 0 aromatic carbocycles. The highest BCUT2D eigenvalue weighted by atomic mass is 33.3. The van der Waals surface area contributed by atoms with Crippen molar-refractivity contribution in [1.29, 1.82) is 0 Å². The fraction of sp³-hybridized carbons (Fsp3) is 1.00. The molecule has 0 saturated carbocycles. The van der Waals surface area contributed by atoms with Gasteiger partial charge in [-0.15, -0.1) is 0 Å². The van der Waals surface area contributed by atoms with Crippen molar-refractivity contribution < 1.29 is 14.4 Å². The van der Waals surface area contributed by atoms with Crippen LogP contribution in [0.15, 0.2) is 0 Å². The van der Waals surface area contributed by atoms with Crippen LogP contribution in [0.5, 0.6) is 0 Å². The summed E-state index contributed by atoms with van der Waals surface area (Å²) >= 11 is 0. The van der Waals surface area contributed by atoms with Crippen LogP contribution in [0.1, 0.15) is 6.92 Å². The minimum Gasteiger partial charge on any atom is -0.802 e. The van der Waals surface area contributed by atoms with Crippen molar-refractivity contribution in [2.24, 2.45) is 0 Å². The van der Waals surface area contributed by atoms with Crippen LogP contribution < -0.4 is 9.79 Å². The molecule has 0 rings (SSSR count). The van der Waals surface area contributed by atoms with Gasteiger partial charge in [0.15, 0.2) is 0 Å². The van der Waals surface area contributed by atoms with E-state index in [1.54, 1.807) is 6.92 Å². The van der Waals surface area contributed by atoms with E-state index < -0.39 is 6.80 Å². The van der Waals surface area contributed by atoms with Gasteiger partial charge in [0.1, 0.15) is 0 Å². The smallest absolute Gasteiger partial charge is 0.00119 e. The van der Waals surface area contributed by atoms with Gasteiger partial charge in [-0.05, 0) is 0 Å². The highest BCUT2D eigenvalue weighted by Crippen LogP contribution is 2.49. The summed E-state index contributed by atoms with van der Waals surface area (Å²) < 4.78 is 9.80. The monoisotopic (exact) mass is 172 g/mol. The van der Waals surface area contributed by atoms with Gasteiger partial charge in [0.05, 0.1) is 0 Å². The fourth-order valence-corrected chi connectivity index (χ4v) is 3.17. The zero-order valence-electron chi connectivity index (χ0n) is 4.20. The fourth-order valence-electron chi connectivity index (χ4n) is 0.117. The highest BCUT2D eigenvalue weighted by molar-refractivity contribution is 8.98. The molecule has 0 fully saturated rings. The largest absolute Gasteiger partial charge is 0.802 e. The molecule has 0 spiro atoms. The molecule has 6 heteroatoms. The Balaban J connectivity index is 3.26. The maximum atomic E-state index is 9.80. The standard InChI is InChI=1S/C2H7O3PS2/c1-2-7-8-6(3,4)5/h2H2,1H3,(H2,3,4,5)/p-2. The molecule has 50 valence electrons. The minimum atomic E-state index is -4.30. The Morgan fingerprint density at radius 3 is 2.25 bits per heavy atom. The van der Waals surface area contributed by atoms with E-state index in [0.29, 0.717) is 16.2 Å². The quantitative estimate of drug-likeness (QED) is 0.450. The molecule has 0 heterocycles. The van der Waals surface area contributed by atoms with Gasteiger partial charge < -0.3 is 14.4 Å². The van der Waals surface area contributed by atoms with Gasteiger partial charge in [-0.25, -0.2) is 0 Å². The van der Waals surface area contributed by atoms with Crippen molar-refractivity contribution in [3.05, 3.63) is 0 Å². The third kappa shape index (κ3) is 6.85. The summed E-state index contributed by atoms with van der Waals surface area (Å²) in [7, 11) is 1.44. The molecule has 0 N–H and O–H groups in total. The number of hydrogen-bond acceptors (Lipinski definition) is 5. The highest BCUT2D eigenvalue weighted by Gasteiger charge is 1.88. The summed E-state index contributed by atoms with van der Waals surface area (Å²) in [5.41, 5.74) is 0. The second-order valence-electron chi connectivity index (χ2n) is 0.928. The lowest BCUT2D eigenvalue weighted by molar-refractivity contribution is -0.302. The van der Waals surface area contributed by atoms with Crippen LogP contribution in [0.2, 0.25) is 0 Å². The maximum absolute atomic E-state index is 9.80. The van der Waals surface area contributed by atoms with Crippen LogP contribution in [0.4, 0.5) is 0 Å². The molecule has 0 atom stereocenters. The first-order valence-corrected chi connectivity index (χ1v) is 6.36. The Morgan fingerprint density at radius 2 is 2.12 bits per heavy atom. The van der Waals surface area contributed by atoms with Crippen LogP contribution in [-0.2, 0) is 4.57 Å². The topological polar surface area (TPSA) is 63.2 Å². The van der Waals surface area contributed by atoms with Crippen LogP contribution in [-0.4, -0.2) is 5.75 Å². The van der Waals surface area contributed by atoms with E-state index in [9.17, 15) is 14.4 Å². The first-order chi connectivity index (χ1) is 3.56. The minimum absolute atomic E-state index is 0.395. The third-order valence-corrected chi connectivity index (χ3v) is 4.95. The zero-order chi connectivity index (χ0) is 6.62. The van der Waals surface area contributed by atoms with Crippen molar-refractivity contribution >= 4 is 28.0 Å². The lowest BCUT2D eigenvalue weighted by Gasteiger charge is -2.26. The average molecular weight is 172 g/mol. The molecule has 8 heavy (non-hydrogen) atoms. The van der Waals surface area contributed by atoms with Gasteiger partial charge in [0, 0.05) is 12.6 Å². The summed E-state index contributed by atoms with van der Waals surface area (Å²) in [5.74, 6) is 0.638. The molecule has 0 aliphatic heterocycles. The second-order valence-corrected chi connectivity index (χ2v) is 6.62. The third-order valence-electron chi connectivity index (χ3n) is 0.262. The van der Waals surface area contributed by atoms with Gasteiger partial charge in [-0.2, -0.15) is 0 Å². The Morgan fingerprint density at radius 1 is 1.62 bits per heavy atom. The van der Waals surface area contributed by atoms with Crippen LogP contribution >= 0.6 is 28.0 Å². The van der Waals surface area contributed by atoms with E-state index in [-0.39, 0.29) is 0 Å². The molecule has 0 radical (unpaired) electrons. The average Bonchev–Trinajstić information content (AvgIpc) is 1.59. The predicted molar refractivity (Wildman–Crippen MR) is 33.3 cm³/mol. The Bertz CT molecular complexity index is 99.5. The number of rotatable bonds is 3. The summed E-state index contributed by atoms with van der Waals surface area (Å²) in [6.45, 7) is -2.52. The van der Waals surface area contributed by atoms with Gasteiger partial charge in [0.25, 0.3) is 0 Å². The normalized spacial score (nSPS) is 11.9. The van der Waals surface area contributed by atoms with Crippen LogP contribution in [0.3, 0.4) is 0 Å². The van der Waals surface area contributed by atoms with E-state index in [4.69, 9.17) is 0 Å². The van der Waals surface area contributed by atoms with Crippen molar-refractivity contribution in [2.45, 2.75) is 6.92 Å². The SMILES string of the molecule is CCSSP(=O)([O-])[O-]. The van der Waals surface area contributed by atoms with Crippen LogP contribution in [0, 0.1) is 0 Å². The molecular weight excluding hydrogens is 167 g/mol. The molecule has 0 bridgehead atoms. The molecule has 0 aliphatic rings. The van der Waals surface area contributed by atoms with E-state index in [0.717, 1.165) is 10.8 Å². The number of hydrogen-bond donors (Lipinski definition) is 0.